The molecule has 0 aromatic heterocycles. The summed E-state index contributed by atoms with van der Waals surface area (Å²) in [6, 6.07) is 7.34. The molecule has 0 saturated carbocycles. The fraction of sp³-hybridized carbons (Fsp3) is 0.500. The molecule has 100 valence electrons. The van der Waals surface area contributed by atoms with Crippen LogP contribution in [-0.2, 0) is 4.79 Å². The maximum Gasteiger partial charge on any atom is 0.229 e. The van der Waals surface area contributed by atoms with E-state index >= 15 is 0 Å². The van der Waals surface area contributed by atoms with E-state index in [1.165, 1.54) is 0 Å². The van der Waals surface area contributed by atoms with E-state index in [4.69, 9.17) is 4.74 Å². The lowest BCUT2D eigenvalue weighted by atomic mass is 9.95. The van der Waals surface area contributed by atoms with E-state index in [2.05, 4.69) is 24.5 Å². The van der Waals surface area contributed by atoms with Gasteiger partial charge in [-0.15, -0.1) is 0 Å². The van der Waals surface area contributed by atoms with E-state index in [1.807, 2.05) is 31.3 Å². The summed E-state index contributed by atoms with van der Waals surface area (Å²) in [5.74, 6) is 1.10. The van der Waals surface area contributed by atoms with Crippen LogP contribution in [0.5, 0.6) is 5.75 Å². The van der Waals surface area contributed by atoms with Gasteiger partial charge in [-0.1, -0.05) is 13.8 Å². The van der Waals surface area contributed by atoms with Crippen molar-refractivity contribution < 1.29 is 9.53 Å². The smallest absolute Gasteiger partial charge is 0.229 e. The van der Waals surface area contributed by atoms with Crippen LogP contribution >= 0.6 is 0 Å². The number of nitrogens with one attached hydrogen (secondary N) is 2. The molecule has 1 aromatic rings. The number of carbonyl (C=O) groups is 1. The number of anilines is 1. The Morgan fingerprint density at radius 3 is 2.33 bits per heavy atom. The number of hydrogen-bond donors (Lipinski definition) is 2. The van der Waals surface area contributed by atoms with Crippen molar-refractivity contribution in [2.24, 2.45) is 11.8 Å². The highest BCUT2D eigenvalue weighted by Crippen LogP contribution is 2.17. The van der Waals surface area contributed by atoms with Gasteiger partial charge in [0.2, 0.25) is 5.91 Å². The molecule has 0 fully saturated rings. The quantitative estimate of drug-likeness (QED) is 0.813. The molecule has 1 aromatic carbocycles. The highest BCUT2D eigenvalue weighted by atomic mass is 16.5. The van der Waals surface area contributed by atoms with Crippen molar-refractivity contribution in [1.82, 2.24) is 5.32 Å². The topological polar surface area (TPSA) is 50.4 Å². The molecule has 0 heterocycles. The largest absolute Gasteiger partial charge is 0.497 e. The molecule has 2 N–H and O–H groups in total. The van der Waals surface area contributed by atoms with Crippen molar-refractivity contribution in [2.75, 3.05) is 26.0 Å². The standard InChI is InChI=1S/C14H22N2O2/c1-10(2)13(9-15-3)14(17)16-11-5-7-12(18-4)8-6-11/h5-8,10,13,15H,9H2,1-4H3,(H,16,17). The summed E-state index contributed by atoms with van der Waals surface area (Å²) in [7, 11) is 3.48. The van der Waals surface area contributed by atoms with Gasteiger partial charge in [-0.25, -0.2) is 0 Å². The number of amides is 1. The number of carbonyl (C=O) groups excluding carboxylic acids is 1. The summed E-state index contributed by atoms with van der Waals surface area (Å²) in [4.78, 5) is 12.1. The second kappa shape index (κ2) is 7.01. The minimum atomic E-state index is -0.0305. The number of benzene rings is 1. The molecule has 0 spiro atoms. The van der Waals surface area contributed by atoms with Crippen LogP contribution in [0, 0.1) is 11.8 Å². The Labute approximate surface area is 109 Å². The van der Waals surface area contributed by atoms with Gasteiger partial charge in [-0.2, -0.15) is 0 Å². The minimum absolute atomic E-state index is 0.0305. The number of methoxy groups -OCH3 is 1. The summed E-state index contributed by atoms with van der Waals surface area (Å²) in [5, 5.41) is 5.98. The van der Waals surface area contributed by atoms with Crippen LogP contribution < -0.4 is 15.4 Å². The Morgan fingerprint density at radius 2 is 1.89 bits per heavy atom. The average molecular weight is 250 g/mol. The van der Waals surface area contributed by atoms with Crippen molar-refractivity contribution in [3.8, 4) is 5.75 Å². The monoisotopic (exact) mass is 250 g/mol. The predicted octanol–water partition coefficient (Wildman–Crippen LogP) is 2.13. The summed E-state index contributed by atoms with van der Waals surface area (Å²) in [6.45, 7) is 4.78. The highest BCUT2D eigenvalue weighted by molar-refractivity contribution is 5.92. The molecule has 1 atom stereocenters. The molecule has 4 nitrogen and oxygen atoms in total. The van der Waals surface area contributed by atoms with Crippen LogP contribution in [0.4, 0.5) is 5.69 Å². The zero-order valence-corrected chi connectivity index (χ0v) is 11.5. The molecule has 18 heavy (non-hydrogen) atoms. The first-order chi connectivity index (χ1) is 8.58. The molecular weight excluding hydrogens is 228 g/mol. The predicted molar refractivity (Wildman–Crippen MR) is 73.9 cm³/mol. The molecule has 1 amide bonds. The second-order valence-corrected chi connectivity index (χ2v) is 4.63. The lowest BCUT2D eigenvalue weighted by molar-refractivity contribution is -0.120. The van der Waals surface area contributed by atoms with Crippen molar-refractivity contribution in [3.63, 3.8) is 0 Å². The van der Waals surface area contributed by atoms with Gasteiger partial charge in [-0.05, 0) is 37.2 Å². The lowest BCUT2D eigenvalue weighted by Gasteiger charge is -2.19. The zero-order valence-electron chi connectivity index (χ0n) is 11.5. The van der Waals surface area contributed by atoms with Crippen LogP contribution in [0.1, 0.15) is 13.8 Å². The summed E-state index contributed by atoms with van der Waals surface area (Å²) in [6.07, 6.45) is 0. The third kappa shape index (κ3) is 4.04. The van der Waals surface area contributed by atoms with Gasteiger partial charge >= 0.3 is 0 Å². The molecule has 4 heteroatoms. The van der Waals surface area contributed by atoms with Crippen LogP contribution in [0.25, 0.3) is 0 Å². The van der Waals surface area contributed by atoms with E-state index in [0.29, 0.717) is 12.5 Å². The van der Waals surface area contributed by atoms with Crippen LogP contribution in [0.2, 0.25) is 0 Å². The van der Waals surface area contributed by atoms with Crippen LogP contribution in [0.15, 0.2) is 24.3 Å². The summed E-state index contributed by atoms with van der Waals surface area (Å²) in [5.41, 5.74) is 0.794. The van der Waals surface area contributed by atoms with E-state index in [1.54, 1.807) is 7.11 Å². The first kappa shape index (κ1) is 14.5. The SMILES string of the molecule is CNCC(C(=O)Nc1ccc(OC)cc1)C(C)C. The van der Waals surface area contributed by atoms with E-state index in [9.17, 15) is 4.79 Å². The molecule has 1 rings (SSSR count). The molecule has 1 unspecified atom stereocenters. The number of ether oxygens (including phenoxy) is 1. The molecule has 0 aliphatic heterocycles. The van der Waals surface area contributed by atoms with Crippen molar-refractivity contribution >= 4 is 11.6 Å². The highest BCUT2D eigenvalue weighted by Gasteiger charge is 2.21. The fourth-order valence-corrected chi connectivity index (χ4v) is 1.76. The maximum absolute atomic E-state index is 12.1. The second-order valence-electron chi connectivity index (χ2n) is 4.63. The Morgan fingerprint density at radius 1 is 1.28 bits per heavy atom. The normalized spacial score (nSPS) is 12.3. The Hall–Kier alpha value is -1.55. The van der Waals surface area contributed by atoms with Gasteiger partial charge in [0.15, 0.2) is 0 Å². The Balaban J connectivity index is 2.66. The van der Waals surface area contributed by atoms with Gasteiger partial charge in [0.1, 0.15) is 5.75 Å². The van der Waals surface area contributed by atoms with Crippen molar-refractivity contribution in [2.45, 2.75) is 13.8 Å². The Kier molecular flexibility index (Phi) is 5.65. The summed E-state index contributed by atoms with van der Waals surface area (Å²) >= 11 is 0. The van der Waals surface area contributed by atoms with Crippen LogP contribution in [-0.4, -0.2) is 26.6 Å². The van der Waals surface area contributed by atoms with Crippen LogP contribution in [0.3, 0.4) is 0 Å². The number of hydrogen-bond acceptors (Lipinski definition) is 3. The third-order valence-electron chi connectivity index (χ3n) is 2.92. The van der Waals surface area contributed by atoms with Gasteiger partial charge in [0.05, 0.1) is 13.0 Å². The van der Waals surface area contributed by atoms with Crippen molar-refractivity contribution in [1.29, 1.82) is 0 Å². The third-order valence-corrected chi connectivity index (χ3v) is 2.92. The zero-order chi connectivity index (χ0) is 13.5. The van der Waals surface area contributed by atoms with Gasteiger partial charge in [0, 0.05) is 12.2 Å². The Bertz CT molecular complexity index is 374. The fourth-order valence-electron chi connectivity index (χ4n) is 1.76. The molecule has 0 saturated heterocycles. The van der Waals surface area contributed by atoms with E-state index in [0.717, 1.165) is 11.4 Å². The van der Waals surface area contributed by atoms with E-state index < -0.39 is 0 Å². The summed E-state index contributed by atoms with van der Waals surface area (Å²) < 4.78 is 5.08. The first-order valence-corrected chi connectivity index (χ1v) is 6.18. The van der Waals surface area contributed by atoms with Gasteiger partial charge < -0.3 is 15.4 Å². The lowest BCUT2D eigenvalue weighted by Crippen LogP contribution is -2.34. The van der Waals surface area contributed by atoms with E-state index in [-0.39, 0.29) is 11.8 Å². The molecule has 0 bridgehead atoms. The average Bonchev–Trinajstić information content (AvgIpc) is 2.36. The number of rotatable bonds is 6. The molecular formula is C14H22N2O2. The maximum atomic E-state index is 12.1. The first-order valence-electron chi connectivity index (χ1n) is 6.18. The van der Waals surface area contributed by atoms with Crippen molar-refractivity contribution in [3.05, 3.63) is 24.3 Å². The molecule has 0 radical (unpaired) electrons. The van der Waals surface area contributed by atoms with Gasteiger partial charge in [-0.3, -0.25) is 4.79 Å². The molecule has 0 aliphatic carbocycles. The van der Waals surface area contributed by atoms with Gasteiger partial charge in [0.25, 0.3) is 0 Å². The molecule has 0 aliphatic rings. The minimum Gasteiger partial charge on any atom is -0.497 e.